The van der Waals surface area contributed by atoms with Crippen LogP contribution in [0.3, 0.4) is 0 Å². The molecule has 1 atom stereocenters. The average Bonchev–Trinajstić information content (AvgIpc) is 0.746. The van der Waals surface area contributed by atoms with Crippen LogP contribution >= 0.6 is 0 Å². The molecule has 0 saturated carbocycles. The lowest BCUT2D eigenvalue weighted by atomic mass is 10.4. The van der Waals surface area contributed by atoms with Gasteiger partial charge in [-0.25, -0.2) is 0 Å². The molecular weight excluding hydrogens is 1680 g/mol. The van der Waals surface area contributed by atoms with Gasteiger partial charge >= 0.3 is 25.7 Å². The molecule has 0 radical (unpaired) electrons. The van der Waals surface area contributed by atoms with Crippen molar-refractivity contribution in [3.63, 3.8) is 0 Å². The van der Waals surface area contributed by atoms with Crippen LogP contribution in [0, 0.1) is 0 Å². The molecule has 20 N–H and O–H groups in total. The number of hydrogen-bond acceptors (Lipinski definition) is 18. The minimum atomic E-state index is -2.88. The van der Waals surface area contributed by atoms with Crippen molar-refractivity contribution in [3.05, 3.63) is 212 Å². The molecule has 31 heteroatoms. The maximum Gasteiger partial charge on any atom is 0.386 e. The first-order chi connectivity index (χ1) is 55.5. The van der Waals surface area contributed by atoms with E-state index in [0.29, 0.717) is 45.8 Å². The van der Waals surface area contributed by atoms with Crippen LogP contribution in [0.2, 0.25) is 185 Å². The summed E-state index contributed by atoms with van der Waals surface area (Å²) in [5.41, 5.74) is 57.8. The highest BCUT2D eigenvalue weighted by molar-refractivity contribution is 7.09. The highest BCUT2D eigenvalue weighted by atomic mass is 28.5. The number of hydrogen-bond donors (Lipinski definition) is 10. The zero-order chi connectivity index (χ0) is 88.3. The van der Waals surface area contributed by atoms with Gasteiger partial charge in [-0.3, -0.25) is 0 Å². The Hall–Kier alpha value is -3.36. The molecule has 0 aliphatic carbocycles. The maximum absolute atomic E-state index is 7.94. The zero-order valence-corrected chi connectivity index (χ0v) is 89.6. The zero-order valence-electron chi connectivity index (χ0n) is 76.6. The smallest absolute Gasteiger partial charge is 0.386 e. The molecule has 0 aliphatic rings. The SMILES string of the molecule is C[Si](C)(CCCN)O[Si](C)(C)CCCN.C[Si](C)(CCN)O[Si](C)(C)O[Si](C)(C)CCN.C[Si](C)(CCN)O[Si](C)(O[Si](C)(C)CCCN)c1ccccc1.C[Si](C)(CCN)O[Si](O[Si](C)(C)CCCN)(c1ccccc1)c1ccccc1.NCCC[Si](O[Si](CCCN)(c1ccccc1)c1ccccc1)(c1ccccc1)c1ccccc1. The topological polar surface area (TPSA) is 334 Å². The molecule has 0 amide bonds. The van der Waals surface area contributed by atoms with Crippen LogP contribution in [-0.2, 0) is 32.9 Å². The number of nitrogens with two attached hydrogens (primary N) is 10. The monoisotopic (exact) mass is 1840 g/mol. The summed E-state index contributed by atoms with van der Waals surface area (Å²) in [4.78, 5) is 0. The summed E-state index contributed by atoms with van der Waals surface area (Å²) in [5.74, 6) is 0. The summed E-state index contributed by atoms with van der Waals surface area (Å²) in [6, 6.07) is 85.3. The first kappa shape index (κ1) is 109. The Bertz CT molecular complexity index is 3510. The van der Waals surface area contributed by atoms with Crippen molar-refractivity contribution < 1.29 is 32.9 Å². The van der Waals surface area contributed by atoms with Gasteiger partial charge in [0, 0.05) is 0 Å². The van der Waals surface area contributed by atoms with E-state index in [1.165, 1.54) is 48.4 Å². The van der Waals surface area contributed by atoms with E-state index in [2.05, 4.69) is 319 Å². The Morgan fingerprint density at radius 3 is 0.602 bits per heavy atom. The lowest BCUT2D eigenvalue weighted by Crippen LogP contribution is -2.73. The molecule has 0 bridgehead atoms. The van der Waals surface area contributed by atoms with Crippen LogP contribution in [0.4, 0.5) is 0 Å². The Morgan fingerprint density at radius 1 is 0.178 bits per heavy atom. The van der Waals surface area contributed by atoms with E-state index >= 15 is 0 Å². The summed E-state index contributed by atoms with van der Waals surface area (Å²) in [7, 11) is -26.7. The molecule has 0 heterocycles. The van der Waals surface area contributed by atoms with Crippen LogP contribution < -0.4 is 93.6 Å². The Morgan fingerprint density at radius 2 is 0.364 bits per heavy atom. The van der Waals surface area contributed by atoms with Crippen LogP contribution in [0.1, 0.15) is 38.5 Å². The molecule has 7 rings (SSSR count). The van der Waals surface area contributed by atoms with E-state index in [1.807, 2.05) is 18.2 Å². The highest BCUT2D eigenvalue weighted by Crippen LogP contribution is 2.31. The summed E-state index contributed by atoms with van der Waals surface area (Å²) in [5, 5.41) is 8.77. The van der Waals surface area contributed by atoms with Crippen LogP contribution in [0.25, 0.3) is 0 Å². The highest BCUT2D eigenvalue weighted by Gasteiger charge is 2.52. The molecule has 0 aromatic heterocycles. The van der Waals surface area contributed by atoms with E-state index in [9.17, 15) is 0 Å². The fourth-order valence-corrected chi connectivity index (χ4v) is 75.2. The normalized spacial score (nSPS) is 13.3. The van der Waals surface area contributed by atoms with Gasteiger partial charge in [-0.1, -0.05) is 212 Å². The Balaban J connectivity index is 0.000000395. The summed E-state index contributed by atoms with van der Waals surface area (Å²) in [6.45, 7) is 49.7. The van der Waals surface area contributed by atoms with Crippen molar-refractivity contribution in [1.29, 1.82) is 0 Å². The van der Waals surface area contributed by atoms with Crippen molar-refractivity contribution in [2.24, 2.45) is 57.3 Å². The van der Waals surface area contributed by atoms with Gasteiger partial charge in [-0.2, -0.15) is 0 Å². The predicted molar refractivity (Wildman–Crippen MR) is 544 cm³/mol. The van der Waals surface area contributed by atoms with E-state index in [-0.39, 0.29) is 0 Å². The first-order valence-corrected chi connectivity index (χ1v) is 79.6. The lowest BCUT2D eigenvalue weighted by Gasteiger charge is -2.43. The van der Waals surface area contributed by atoms with Gasteiger partial charge in [0.25, 0.3) is 0 Å². The first-order valence-electron chi connectivity index (χ1n) is 43.5. The predicted octanol–water partition coefficient (Wildman–Crippen LogP) is 13.1. The molecule has 0 saturated heterocycles. The van der Waals surface area contributed by atoms with Gasteiger partial charge in [-0.05, 0) is 325 Å². The maximum atomic E-state index is 7.94. The van der Waals surface area contributed by atoms with E-state index in [1.54, 1.807) is 0 Å². The van der Waals surface area contributed by atoms with Gasteiger partial charge in [0.05, 0.1) is 0 Å². The van der Waals surface area contributed by atoms with Gasteiger partial charge in [0.15, 0.2) is 66.5 Å². The third kappa shape index (κ3) is 39.5. The lowest BCUT2D eigenvalue weighted by molar-refractivity contribution is 0.388. The van der Waals surface area contributed by atoms with Crippen molar-refractivity contribution >= 4 is 145 Å². The standard InChI is InChI=1S/C30H36N2OSi2.C21H36N2O2Si3.C16H34N2O2Si3.C10H30N2O2Si3.C10H28N2OSi2/c31-23-13-25-34(27-15-5-1-6-16-27,28-17-7-2-8-18-28)33-35(26-14-24-32,29-19-9-3-10-20-29)30-21-11-4-12-22-30;1-26(2,18-11-16-22)24-28(20-12-7-5-8-13-20,21-14-9-6-10-15-21)25-27(3,4)19-17-23;1-21(2,14-9-12-17)19-23(5,16-10-7-6-8-11-16)20-22(3,4)15-13-18;1-15(2,9-7-11)13-17(5,6)14-16(3,4)10-8-12;1-14(2,9-5-7-11)13-15(3,4)10-6-8-12/h1-12,15-22H,13-14,23-26,31-32H2;5-10,12-15H,11,16-19,22-23H2,1-4H3;6-8,10-11H,9,12-15,17-18H2,1-5H3;7-12H2,1-6H3;5-12H2,1-4H3. The van der Waals surface area contributed by atoms with Crippen molar-refractivity contribution in [2.75, 3.05) is 65.4 Å². The second kappa shape index (κ2) is 53.2. The molecular formula is C87H164N10O8Si13. The molecule has 0 aliphatic heterocycles. The van der Waals surface area contributed by atoms with E-state index in [4.69, 9.17) is 90.3 Å². The van der Waals surface area contributed by atoms with Gasteiger partial charge in [0.1, 0.15) is 0 Å². The molecule has 7 aromatic rings. The van der Waals surface area contributed by atoms with E-state index in [0.717, 1.165) is 107 Å². The largest absolute Gasteiger partial charge is 0.455 e. The molecule has 118 heavy (non-hydrogen) atoms. The molecule has 1 unspecified atom stereocenters. The van der Waals surface area contributed by atoms with Gasteiger partial charge in [0.2, 0.25) is 16.6 Å². The third-order valence-corrected chi connectivity index (χ3v) is 73.4. The molecule has 18 nitrogen and oxygen atoms in total. The minimum absolute atomic E-state index is 0.640. The number of rotatable bonds is 49. The fraction of sp³-hybridized carbons (Fsp3) is 0.517. The second-order valence-electron chi connectivity index (χ2n) is 36.6. The summed E-state index contributed by atoms with van der Waals surface area (Å²) >= 11 is 0. The van der Waals surface area contributed by atoms with Gasteiger partial charge < -0.3 is 90.3 Å². The minimum Gasteiger partial charge on any atom is -0.455 e. The Kier molecular flexibility index (Phi) is 49.1. The molecule has 0 spiro atoms. The van der Waals surface area contributed by atoms with Crippen molar-refractivity contribution in [3.8, 4) is 0 Å². The molecule has 662 valence electrons. The van der Waals surface area contributed by atoms with Crippen LogP contribution in [0.15, 0.2) is 212 Å². The van der Waals surface area contributed by atoms with E-state index < -0.39 is 109 Å². The fourth-order valence-electron chi connectivity index (χ4n) is 15.5. The average molecular weight is 1840 g/mol. The quantitative estimate of drug-likeness (QED) is 0.0158. The number of benzene rings is 7. The summed E-state index contributed by atoms with van der Waals surface area (Å²) < 4.78 is 54.8. The van der Waals surface area contributed by atoms with Crippen LogP contribution in [-0.4, -0.2) is 174 Å². The molecule has 7 aromatic carbocycles. The third-order valence-electron chi connectivity index (χ3n) is 20.7. The van der Waals surface area contributed by atoms with Crippen molar-refractivity contribution in [1.82, 2.24) is 0 Å². The molecule has 0 fully saturated rings. The summed E-state index contributed by atoms with van der Waals surface area (Å²) in [6.07, 6.45) is 6.03. The Labute approximate surface area is 730 Å². The van der Waals surface area contributed by atoms with Crippen LogP contribution in [0.5, 0.6) is 0 Å². The second-order valence-corrected chi connectivity index (χ2v) is 89.5. The van der Waals surface area contributed by atoms with Gasteiger partial charge in [-0.15, -0.1) is 0 Å². The van der Waals surface area contributed by atoms with Crippen molar-refractivity contribution in [2.45, 2.75) is 223 Å².